The number of rotatable bonds is 73. The number of nitrogens with zero attached hydrogens (tertiary/aromatic N) is 1. The van der Waals surface area contributed by atoms with Gasteiger partial charge in [-0.3, -0.25) is 9.59 Å². The van der Waals surface area contributed by atoms with E-state index in [1.165, 1.54) is 193 Å². The molecule has 0 saturated heterocycles. The molecule has 0 aliphatic carbocycles. The van der Waals surface area contributed by atoms with Gasteiger partial charge in [-0.15, -0.1) is 0 Å². The van der Waals surface area contributed by atoms with E-state index in [-0.39, 0.29) is 32.2 Å². The van der Waals surface area contributed by atoms with Crippen molar-refractivity contribution in [2.75, 3.05) is 47.5 Å². The van der Waals surface area contributed by atoms with Gasteiger partial charge in [-0.1, -0.05) is 352 Å². The summed E-state index contributed by atoms with van der Waals surface area (Å²) in [5.41, 5.74) is 0. The lowest BCUT2D eigenvalue weighted by molar-refractivity contribution is -0.870. The number of carboxylic acids is 1. The number of likely N-dealkylation sites (N-methyl/N-ethyl adjacent to an activating group) is 1. The summed E-state index contributed by atoms with van der Waals surface area (Å²) in [7, 11) is 5.99. The number of esters is 2. The van der Waals surface area contributed by atoms with E-state index in [2.05, 4.69) is 160 Å². The number of quaternary nitrogens is 1. The Bertz CT molecular complexity index is 2110. The lowest BCUT2D eigenvalue weighted by Crippen LogP contribution is -2.40. The van der Waals surface area contributed by atoms with Crippen LogP contribution in [-0.2, 0) is 33.3 Å². The number of carboxylic acid groups (broad SMARTS) is 1. The van der Waals surface area contributed by atoms with Gasteiger partial charge < -0.3 is 28.5 Å². The molecule has 0 rings (SSSR count). The second-order valence-corrected chi connectivity index (χ2v) is 27.6. The summed E-state index contributed by atoms with van der Waals surface area (Å²) in [5, 5.41) is 9.78. The maximum absolute atomic E-state index is 13.0. The summed E-state index contributed by atoms with van der Waals surface area (Å²) in [6.07, 6.45) is 110. The van der Waals surface area contributed by atoms with Gasteiger partial charge in [-0.25, -0.2) is 4.79 Å². The number of hydrogen-bond donors (Lipinski definition) is 1. The molecule has 0 spiro atoms. The molecule has 554 valence electrons. The van der Waals surface area contributed by atoms with Crippen molar-refractivity contribution in [3.8, 4) is 0 Å². The Morgan fingerprint density at radius 2 is 0.557 bits per heavy atom. The van der Waals surface area contributed by atoms with Crippen LogP contribution >= 0.6 is 0 Å². The average molecular weight is 1350 g/mol. The molecule has 0 aromatic carbocycles. The van der Waals surface area contributed by atoms with Gasteiger partial charge in [0, 0.05) is 12.8 Å². The summed E-state index contributed by atoms with van der Waals surface area (Å²) in [4.78, 5) is 37.8. The van der Waals surface area contributed by atoms with Crippen LogP contribution in [0.5, 0.6) is 0 Å². The summed E-state index contributed by atoms with van der Waals surface area (Å²) in [6, 6.07) is 0. The second kappa shape index (κ2) is 76.9. The molecule has 1 N–H and O–H groups in total. The van der Waals surface area contributed by atoms with E-state index in [0.717, 1.165) is 116 Å². The Hall–Kier alpha value is -4.83. The number of carbonyl (C=O) groups is 3. The smallest absolute Gasteiger partial charge is 0.361 e. The monoisotopic (exact) mass is 1350 g/mol. The minimum Gasteiger partial charge on any atom is -0.477 e. The second-order valence-electron chi connectivity index (χ2n) is 27.6. The maximum Gasteiger partial charge on any atom is 0.361 e. The SMILES string of the molecule is CC/C=C\C/C=C\C/C=C\C/C=C\C/C=C\C/C=C\C/C=C\CCCCCCCCCCCCCCCCCCCC(=O)OC(COC(=O)CCCCCCCCCCCCCCCCCCC/C=C\C/C=C\C/C=C\C/C=C\C/C=C\CC)COC(OCC[N+](C)(C)C)C(=O)O. The lowest BCUT2D eigenvalue weighted by Gasteiger charge is -2.25. The van der Waals surface area contributed by atoms with Crippen molar-refractivity contribution in [2.24, 2.45) is 0 Å². The lowest BCUT2D eigenvalue weighted by atomic mass is 10.0. The van der Waals surface area contributed by atoms with Gasteiger partial charge in [0.1, 0.15) is 13.2 Å². The van der Waals surface area contributed by atoms with E-state index >= 15 is 0 Å². The molecular formula is C88H150NO8+. The zero-order valence-corrected chi connectivity index (χ0v) is 63.4. The normalized spacial score (nSPS) is 13.5. The first-order chi connectivity index (χ1) is 47.6. The minimum atomic E-state index is -1.52. The molecule has 0 amide bonds. The molecular weight excluding hydrogens is 1200 g/mol. The van der Waals surface area contributed by atoms with E-state index in [9.17, 15) is 19.5 Å². The Labute approximate surface area is 598 Å². The van der Waals surface area contributed by atoms with Crippen LogP contribution in [0.1, 0.15) is 335 Å². The molecule has 0 fully saturated rings. The van der Waals surface area contributed by atoms with Crippen molar-refractivity contribution in [3.63, 3.8) is 0 Å². The van der Waals surface area contributed by atoms with E-state index in [1.807, 2.05) is 21.1 Å². The van der Waals surface area contributed by atoms with Crippen molar-refractivity contribution in [3.05, 3.63) is 146 Å². The highest BCUT2D eigenvalue weighted by Gasteiger charge is 2.25. The van der Waals surface area contributed by atoms with Crippen molar-refractivity contribution in [2.45, 2.75) is 347 Å². The first kappa shape index (κ1) is 92.2. The summed E-state index contributed by atoms with van der Waals surface area (Å²) >= 11 is 0. The van der Waals surface area contributed by atoms with E-state index in [4.69, 9.17) is 18.9 Å². The van der Waals surface area contributed by atoms with Crippen molar-refractivity contribution in [1.82, 2.24) is 0 Å². The molecule has 0 saturated carbocycles. The van der Waals surface area contributed by atoms with E-state index in [1.54, 1.807) is 0 Å². The third-order valence-corrected chi connectivity index (χ3v) is 17.1. The third kappa shape index (κ3) is 78.4. The van der Waals surface area contributed by atoms with E-state index in [0.29, 0.717) is 17.4 Å². The predicted molar refractivity (Wildman–Crippen MR) is 419 cm³/mol. The van der Waals surface area contributed by atoms with Crippen LogP contribution in [0.2, 0.25) is 0 Å². The summed E-state index contributed by atoms with van der Waals surface area (Å²) < 4.78 is 23.1. The van der Waals surface area contributed by atoms with Crippen LogP contribution < -0.4 is 0 Å². The van der Waals surface area contributed by atoms with Gasteiger partial charge in [0.2, 0.25) is 0 Å². The van der Waals surface area contributed by atoms with Crippen LogP contribution in [0.15, 0.2) is 146 Å². The number of allylic oxidation sites excluding steroid dienone is 24. The van der Waals surface area contributed by atoms with Crippen LogP contribution in [-0.4, -0.2) is 87.4 Å². The standard InChI is InChI=1S/C88H149NO8/c1-6-8-10-12-14-16-18-20-22-24-26-28-30-32-34-36-38-40-41-42-43-44-45-47-49-51-53-55-57-59-61-63-65-67-69-71-73-75-77-79-86(91)97-84(83-96-88(87(92)93)94-81-80-89(3,4)5)82-95-85(90)78-76-74-72-70-68-66-64-62-60-58-56-54-52-50-48-46-39-37-35-33-31-29-27-25-23-21-19-17-15-13-11-9-7-2/h8-11,14-17,20-23,26-29,32-35,38,40,42-43,84,88H,6-7,12-13,18-19,24-25,30-31,36-37,39,41,44-83H2,1-5H3/p+1/b10-8-,11-9-,16-14-,17-15-,22-20-,23-21-,28-26-,29-27-,34-32-,35-33-,40-38-,43-42-. The van der Waals surface area contributed by atoms with Crippen LogP contribution in [0.25, 0.3) is 0 Å². The summed E-state index contributed by atoms with van der Waals surface area (Å²) in [5.74, 6) is -1.99. The molecule has 0 aliphatic rings. The Kier molecular flexibility index (Phi) is 73.1. The first-order valence-corrected chi connectivity index (χ1v) is 40.0. The predicted octanol–water partition coefficient (Wildman–Crippen LogP) is 25.8. The molecule has 2 unspecified atom stereocenters. The molecule has 0 bridgehead atoms. The number of aliphatic carboxylic acids is 1. The fourth-order valence-electron chi connectivity index (χ4n) is 11.1. The Morgan fingerprint density at radius 3 is 0.825 bits per heavy atom. The minimum absolute atomic E-state index is 0.184. The molecule has 9 heteroatoms. The summed E-state index contributed by atoms with van der Waals surface area (Å²) in [6.45, 7) is 4.68. The van der Waals surface area contributed by atoms with E-state index < -0.39 is 24.3 Å². The zero-order valence-electron chi connectivity index (χ0n) is 63.4. The average Bonchev–Trinajstić information content (AvgIpc) is 2.39. The number of hydrogen-bond acceptors (Lipinski definition) is 7. The van der Waals surface area contributed by atoms with Gasteiger partial charge in [0.15, 0.2) is 6.10 Å². The van der Waals surface area contributed by atoms with Gasteiger partial charge in [0.25, 0.3) is 6.29 Å². The quantitative estimate of drug-likeness (QED) is 0.0211. The molecule has 97 heavy (non-hydrogen) atoms. The fourth-order valence-corrected chi connectivity index (χ4v) is 11.1. The molecule has 2 atom stereocenters. The highest BCUT2D eigenvalue weighted by atomic mass is 16.7. The topological polar surface area (TPSA) is 108 Å². The number of unbranched alkanes of at least 4 members (excludes halogenated alkanes) is 34. The largest absolute Gasteiger partial charge is 0.477 e. The highest BCUT2D eigenvalue weighted by Crippen LogP contribution is 2.18. The highest BCUT2D eigenvalue weighted by molar-refractivity contribution is 5.71. The van der Waals surface area contributed by atoms with Gasteiger partial charge in [-0.05, 0) is 116 Å². The van der Waals surface area contributed by atoms with Crippen LogP contribution in [0.4, 0.5) is 0 Å². The number of ether oxygens (including phenoxy) is 4. The molecule has 0 aromatic heterocycles. The zero-order chi connectivity index (χ0) is 70.4. The van der Waals surface area contributed by atoms with Gasteiger partial charge in [0.05, 0.1) is 34.4 Å². The third-order valence-electron chi connectivity index (χ3n) is 17.1. The molecule has 0 radical (unpaired) electrons. The van der Waals surface area contributed by atoms with Crippen LogP contribution in [0, 0.1) is 0 Å². The van der Waals surface area contributed by atoms with Crippen molar-refractivity contribution in [1.29, 1.82) is 0 Å². The molecule has 9 nitrogen and oxygen atoms in total. The maximum atomic E-state index is 13.0. The van der Waals surface area contributed by atoms with Crippen molar-refractivity contribution >= 4 is 17.9 Å². The molecule has 0 aliphatic heterocycles. The fraction of sp³-hybridized carbons (Fsp3) is 0.693. The van der Waals surface area contributed by atoms with Gasteiger partial charge >= 0.3 is 17.9 Å². The Balaban J connectivity index is 4.03. The Morgan fingerprint density at radius 1 is 0.309 bits per heavy atom. The number of carbonyl (C=O) groups excluding carboxylic acids is 2. The molecule has 0 heterocycles. The van der Waals surface area contributed by atoms with Crippen LogP contribution in [0.3, 0.4) is 0 Å². The van der Waals surface area contributed by atoms with Crippen molar-refractivity contribution < 1.29 is 42.9 Å². The molecule has 0 aromatic rings. The first-order valence-electron chi connectivity index (χ1n) is 40.0. The van der Waals surface area contributed by atoms with Gasteiger partial charge in [-0.2, -0.15) is 0 Å².